The summed E-state index contributed by atoms with van der Waals surface area (Å²) in [6.45, 7) is 41.5. The fraction of sp³-hybridized carbons (Fsp3) is 0.636. The highest BCUT2D eigenvalue weighted by Gasteiger charge is 2.54. The van der Waals surface area contributed by atoms with Gasteiger partial charge in [-0.15, -0.1) is 12.4 Å². The Morgan fingerprint density at radius 2 is 0.700 bits per heavy atom. The molecule has 30 heteroatoms. The van der Waals surface area contributed by atoms with Crippen LogP contribution in [0.15, 0.2) is 61.1 Å². The number of alkyl carbamates (subject to hydrolysis) is 2. The van der Waals surface area contributed by atoms with Crippen molar-refractivity contribution in [2.75, 3.05) is 59.4 Å². The lowest BCUT2D eigenvalue weighted by atomic mass is 9.57. The van der Waals surface area contributed by atoms with Crippen molar-refractivity contribution in [3.63, 3.8) is 0 Å². The van der Waals surface area contributed by atoms with Crippen LogP contribution in [0, 0.1) is 77.0 Å². The van der Waals surface area contributed by atoms with Gasteiger partial charge in [-0.1, -0.05) is 11.6 Å². The van der Waals surface area contributed by atoms with E-state index in [1.807, 2.05) is 54.5 Å². The molecule has 0 radical (unpaired) electrons. The fourth-order valence-corrected chi connectivity index (χ4v) is 27.2. The molecule has 12 aliphatic carbocycles. The smallest absolute Gasteiger partial charge is 0.408 e. The number of likely N-dealkylation sites (N-methyl/N-ethyl adjacent to an activating group) is 1. The maximum Gasteiger partial charge on any atom is 0.408 e. The van der Waals surface area contributed by atoms with Crippen molar-refractivity contribution in [1.82, 2.24) is 88.7 Å². The molecule has 0 aromatic carbocycles. The third kappa shape index (κ3) is 19.8. The Labute approximate surface area is 839 Å². The second-order valence-corrected chi connectivity index (χ2v) is 48.1. The Morgan fingerprint density at radius 3 is 1.02 bits per heavy atom. The van der Waals surface area contributed by atoms with Crippen LogP contribution in [0.2, 0.25) is 5.02 Å². The van der Waals surface area contributed by atoms with Crippen LogP contribution in [-0.2, 0) is 115 Å². The van der Waals surface area contributed by atoms with E-state index in [2.05, 4.69) is 205 Å². The van der Waals surface area contributed by atoms with Gasteiger partial charge in [-0.05, 0) is 322 Å². The van der Waals surface area contributed by atoms with Gasteiger partial charge >= 0.3 is 12.2 Å². The summed E-state index contributed by atoms with van der Waals surface area (Å²) in [5.41, 5.74) is 42.4. The average molecular weight is 1950 g/mol. The first kappa shape index (κ1) is 99.0. The number of hydrogen-bond donors (Lipinski definition) is 5. The zero-order valence-corrected chi connectivity index (χ0v) is 88.6. The van der Waals surface area contributed by atoms with Gasteiger partial charge in [0.25, 0.3) is 0 Å². The highest BCUT2D eigenvalue weighted by Crippen LogP contribution is 2.58. The van der Waals surface area contributed by atoms with Crippen molar-refractivity contribution < 1.29 is 19.1 Å². The summed E-state index contributed by atoms with van der Waals surface area (Å²) in [5.74, 6) is 1.06. The topological polar surface area (TPSA) is 291 Å². The summed E-state index contributed by atoms with van der Waals surface area (Å²) in [5, 5.41) is 34.6. The van der Waals surface area contributed by atoms with E-state index < -0.39 is 11.2 Å². The van der Waals surface area contributed by atoms with Crippen molar-refractivity contribution in [2.24, 2.45) is 54.3 Å². The number of fused-ring (bicyclic) bond motifs is 20. The summed E-state index contributed by atoms with van der Waals surface area (Å²) in [6.07, 6.45) is 38.9. The average Bonchev–Trinajstić information content (AvgIpc) is 1.73. The molecule has 28 rings (SSSR count). The molecule has 754 valence electrons. The second-order valence-electron chi connectivity index (χ2n) is 47.7. The van der Waals surface area contributed by atoms with Gasteiger partial charge in [-0.3, -0.25) is 18.7 Å². The van der Waals surface area contributed by atoms with Gasteiger partial charge in [-0.25, -0.2) is 29.5 Å². The summed E-state index contributed by atoms with van der Waals surface area (Å²) in [7, 11) is 8.26. The molecule has 0 unspecified atom stereocenters. The largest absolute Gasteiger partial charge is 0.444 e. The number of hydrogen-bond acceptors (Lipinski definition) is 19. The molecule has 8 bridgehead atoms. The highest BCUT2D eigenvalue weighted by atomic mass is 35.5. The number of nitrogens with two attached hydrogens (primary N) is 2. The quantitative estimate of drug-likeness (QED) is 0.0717. The first-order valence-corrected chi connectivity index (χ1v) is 52.8. The maximum atomic E-state index is 12.5. The van der Waals surface area contributed by atoms with E-state index >= 15 is 0 Å². The highest BCUT2D eigenvalue weighted by molar-refractivity contribution is 6.31. The number of nitrogens with one attached hydrogen (secondary N) is 3. The predicted octanol–water partition coefficient (Wildman–Crippen LogP) is 19.5. The van der Waals surface area contributed by atoms with Crippen molar-refractivity contribution >= 4 is 92.2 Å². The molecule has 0 spiro atoms. The van der Waals surface area contributed by atoms with Crippen molar-refractivity contribution in [2.45, 2.75) is 369 Å². The van der Waals surface area contributed by atoms with Crippen molar-refractivity contribution in [3.8, 4) is 0 Å². The normalized spacial score (nSPS) is 26.2. The van der Waals surface area contributed by atoms with E-state index in [0.29, 0.717) is 16.2 Å². The minimum absolute atomic E-state index is 0. The molecule has 12 fully saturated rings. The molecule has 2 amide bonds. The molecule has 0 atom stereocenters. The molecule has 0 saturated heterocycles. The van der Waals surface area contributed by atoms with Crippen LogP contribution in [0.1, 0.15) is 292 Å². The number of rotatable bonds is 13. The molecule has 17 aliphatic rings. The molecule has 16 heterocycles. The molecule has 5 aliphatic heterocycles. The van der Waals surface area contributed by atoms with E-state index in [-0.39, 0.29) is 52.2 Å². The molecular formula is C110H156Cl2N24O4. The lowest BCUT2D eigenvalue weighted by Crippen LogP contribution is -2.58. The molecule has 11 aromatic heterocycles. The van der Waals surface area contributed by atoms with Crippen LogP contribution in [0.3, 0.4) is 0 Å². The number of carbonyl (C=O) groups is 2. The first-order valence-electron chi connectivity index (χ1n) is 52.4. The SMILES string of the molecule is Cc1cc(Cl)c2c(n1)N(C)CC2.Cc1cc(N2CCc3c(c(C)nn3CC34CCC(N)(CC3)CC4)C2)c2ccn(C)c2n1.Cc1cc(N2CCc3c(c(C)nn3CC34CCC(N)(CC3)CC4)C2)c2ccn(C)c2n1.Cc1cc(N2CCc3c(c(C)nn3CC34CCC(NC(=O)OC(C)(C)C)(CC3)CC4)C2)c2ccn(C)c2n1.Cc1nn(CC23CCC(NC(=O)OC(C)(C)C)(CC2)CC3)c2c1CNCC2.Cl. The second kappa shape index (κ2) is 37.5. The maximum absolute atomic E-state index is 12.5. The minimum Gasteiger partial charge on any atom is -0.444 e. The van der Waals surface area contributed by atoms with Crippen LogP contribution in [0.25, 0.3) is 33.1 Å². The number of aryl methyl sites for hydroxylation is 11. The Hall–Kier alpha value is -9.74. The summed E-state index contributed by atoms with van der Waals surface area (Å²) >= 11 is 6.07. The number of aromatic nitrogens is 15. The van der Waals surface area contributed by atoms with Crippen LogP contribution in [0.4, 0.5) is 32.5 Å². The van der Waals surface area contributed by atoms with Gasteiger partial charge in [0.05, 0.1) is 22.8 Å². The molecule has 7 N–H and O–H groups in total. The summed E-state index contributed by atoms with van der Waals surface area (Å²) < 4.78 is 26.8. The van der Waals surface area contributed by atoms with Gasteiger partial charge in [0.1, 0.15) is 34.0 Å². The van der Waals surface area contributed by atoms with Crippen LogP contribution in [0.5, 0.6) is 0 Å². The number of carbonyl (C=O) groups excluding carboxylic acids is 2. The number of anilines is 4. The van der Waals surface area contributed by atoms with Gasteiger partial charge in [0, 0.05) is 291 Å². The third-order valence-corrected chi connectivity index (χ3v) is 35.8. The zero-order chi connectivity index (χ0) is 97.6. The van der Waals surface area contributed by atoms with Crippen LogP contribution >= 0.6 is 24.0 Å². The van der Waals surface area contributed by atoms with Gasteiger partial charge in [0.15, 0.2) is 0 Å². The van der Waals surface area contributed by atoms with Gasteiger partial charge in [-0.2, -0.15) is 20.4 Å². The molecular weight excluding hydrogens is 1790 g/mol. The minimum atomic E-state index is -0.468. The van der Waals surface area contributed by atoms with E-state index in [4.69, 9.17) is 67.9 Å². The first-order chi connectivity index (χ1) is 66.0. The third-order valence-electron chi connectivity index (χ3n) is 35.5. The lowest BCUT2D eigenvalue weighted by molar-refractivity contribution is -0.00553. The Morgan fingerprint density at radius 1 is 0.400 bits per heavy atom. The van der Waals surface area contributed by atoms with Crippen LogP contribution < -0.4 is 47.0 Å². The van der Waals surface area contributed by atoms with Gasteiger partial charge in [0.2, 0.25) is 0 Å². The van der Waals surface area contributed by atoms with E-state index in [0.717, 1.165) is 250 Å². The van der Waals surface area contributed by atoms with Crippen molar-refractivity contribution in [1.29, 1.82) is 0 Å². The summed E-state index contributed by atoms with van der Waals surface area (Å²) in [6, 6.07) is 15.2. The number of nitrogens with zero attached hydrogens (tertiary/aromatic N) is 19. The molecule has 12 saturated carbocycles. The predicted molar refractivity (Wildman–Crippen MR) is 561 cm³/mol. The molecule has 11 aromatic rings. The lowest BCUT2D eigenvalue weighted by Gasteiger charge is -2.53. The number of amides is 2. The van der Waals surface area contributed by atoms with Gasteiger partial charge < -0.3 is 70.2 Å². The van der Waals surface area contributed by atoms with E-state index in [1.54, 1.807) is 0 Å². The zero-order valence-electron chi connectivity index (χ0n) is 87.0. The number of ether oxygens (including phenoxy) is 2. The Bertz CT molecular complexity index is 6230. The van der Waals surface area contributed by atoms with Crippen LogP contribution in [-0.4, -0.2) is 158 Å². The number of pyridine rings is 4. The van der Waals surface area contributed by atoms with Crippen molar-refractivity contribution in [3.05, 3.63) is 162 Å². The monoisotopic (exact) mass is 1950 g/mol. The molecule has 28 nitrogen and oxygen atoms in total. The fourth-order valence-electron chi connectivity index (χ4n) is 26.8. The Balaban J connectivity index is 0.000000114. The summed E-state index contributed by atoms with van der Waals surface area (Å²) in [4.78, 5) is 53.2. The number of halogens is 2. The van der Waals surface area contributed by atoms with E-state index in [1.165, 1.54) is 178 Å². The molecule has 140 heavy (non-hydrogen) atoms. The Kier molecular flexibility index (Phi) is 26.5. The standard InChI is InChI=1S/C30H42N6O2.2C25H34N6.C21H34N4O2.C9H11ClN2.ClH/c1-20-17-25(22-7-15-34(6)26(22)31-20)35-16-8-24-23(18-35)21(2)33-36(24)19-29-9-12-30(13-10-29,14-11-29)32-27(37)38-28(3,4)5;2*1-17-14-22(19-4-12-29(3)23(19)27-17)30-13-5-21-20(15-30)18(2)28-31(21)16-24-6-9-25(26,10-7-24)11-8-24;1-15-16-13-22-12-5-17(16)25(24-15)14-20-6-9-21(10-7-20,11-8-20)23-18(26)27-19(2,3)4;1-6-5-8(10)7-3-4-12(2)9(7)11-6;/h7,15,17H,8-14,16,18-19H2,1-6H3,(H,32,37);2*4,12,14H,5-11,13,15-16,26H2,1-3H3;22H,5-14H2,1-4H3,(H,23,26);5H,3-4H2,1-2H3;1H. The van der Waals surface area contributed by atoms with E-state index in [9.17, 15) is 9.59 Å².